The number of ether oxygens (including phenoxy) is 7. The summed E-state index contributed by atoms with van der Waals surface area (Å²) in [6.07, 6.45) is 1.58. The van der Waals surface area contributed by atoms with Crippen molar-refractivity contribution in [2.24, 2.45) is 46.8 Å². The van der Waals surface area contributed by atoms with Gasteiger partial charge in [-0.15, -0.1) is 0 Å². The average molecular weight is 957 g/mol. The molecule has 4 fully saturated rings. The van der Waals surface area contributed by atoms with E-state index in [2.05, 4.69) is 12.2 Å². The molecule has 21 atom stereocenters. The molecule has 0 aromatic heterocycles. The highest BCUT2D eigenvalue weighted by Crippen LogP contribution is 2.61. The number of carbonyl (C=O) groups excluding carboxylic acids is 5. The van der Waals surface area contributed by atoms with Crippen LogP contribution in [-0.4, -0.2) is 130 Å². The number of methoxy groups -OCH3 is 1. The predicted octanol–water partition coefficient (Wildman–Crippen LogP) is 3.01. The molecule has 0 radical (unpaired) electrons. The minimum Gasteiger partial charge on any atom is -0.600 e. The number of hydrogen-bond donors (Lipinski definition) is 6. The number of aldehydes is 1. The van der Waals surface area contributed by atoms with E-state index in [0.717, 1.165) is 0 Å². The van der Waals surface area contributed by atoms with Gasteiger partial charge in [0.2, 0.25) is 5.78 Å². The topological polar surface area (TPSA) is 270 Å². The van der Waals surface area contributed by atoms with Crippen LogP contribution in [0.15, 0.2) is 58.9 Å². The highest BCUT2D eigenvalue weighted by atomic mass is 16.8. The van der Waals surface area contributed by atoms with Gasteiger partial charge in [0.05, 0.1) is 50.0 Å². The molecule has 3 saturated heterocycles. The van der Waals surface area contributed by atoms with Gasteiger partial charge in [0, 0.05) is 31.1 Å². The lowest BCUT2D eigenvalue weighted by molar-refractivity contribution is -1.09. The maximum Gasteiger partial charge on any atom is 0.407 e. The van der Waals surface area contributed by atoms with E-state index in [9.17, 15) is 44.9 Å². The van der Waals surface area contributed by atoms with Crippen molar-refractivity contribution in [3.05, 3.63) is 64.1 Å². The fourth-order valence-electron chi connectivity index (χ4n) is 12.7. The number of Topliss-reactive ketones (excluding diaryl/α,β-unsaturated/α-hetero) is 1. The Balaban J connectivity index is 1.34. The molecule has 19 nitrogen and oxygen atoms in total. The summed E-state index contributed by atoms with van der Waals surface area (Å²) in [7, 11) is 1.17. The summed E-state index contributed by atoms with van der Waals surface area (Å²) in [6, 6.07) is -1.01. The first-order valence-electron chi connectivity index (χ1n) is 23.6. The summed E-state index contributed by atoms with van der Waals surface area (Å²) in [5.41, 5.74) is -5.25. The quantitative estimate of drug-likeness (QED) is 0.0510. The van der Waals surface area contributed by atoms with Crippen LogP contribution in [0, 0.1) is 52.0 Å². The number of alkyl carbamates (subject to hydrolysis) is 1. The number of allylic oxidation sites excluding steroid dienone is 3. The van der Waals surface area contributed by atoms with E-state index in [0.29, 0.717) is 18.3 Å². The predicted molar refractivity (Wildman–Crippen MR) is 238 cm³/mol. The third-order valence-electron chi connectivity index (χ3n) is 16.1. The first-order valence-corrected chi connectivity index (χ1v) is 23.6. The van der Waals surface area contributed by atoms with Crippen molar-refractivity contribution in [3.63, 3.8) is 0 Å². The maximum atomic E-state index is 15.3. The zero-order valence-electron chi connectivity index (χ0n) is 40.3. The number of hydrogen-bond acceptors (Lipinski definition) is 17. The van der Waals surface area contributed by atoms with Gasteiger partial charge in [-0.2, -0.15) is 0 Å². The van der Waals surface area contributed by atoms with Gasteiger partial charge in [-0.3, -0.25) is 14.4 Å². The Kier molecular flexibility index (Phi) is 14.8. The number of carbonyl (C=O) groups is 5. The van der Waals surface area contributed by atoms with E-state index in [1.54, 1.807) is 32.9 Å². The zero-order chi connectivity index (χ0) is 49.9. The number of hydroxylamine groups is 2. The molecular formula is C49H68N2O17. The molecule has 2 bridgehead atoms. The fraction of sp³-hybridized carbons (Fsp3) is 0.694. The molecular weight excluding hydrogens is 889 g/mol. The summed E-state index contributed by atoms with van der Waals surface area (Å²) in [4.78, 5) is 66.4. The molecule has 19 heteroatoms. The van der Waals surface area contributed by atoms with Gasteiger partial charge in [-0.1, -0.05) is 58.1 Å². The Morgan fingerprint density at radius 2 is 1.63 bits per heavy atom. The van der Waals surface area contributed by atoms with Crippen LogP contribution in [0.1, 0.15) is 88.0 Å². The lowest BCUT2D eigenvalue weighted by atomic mass is 9.48. The number of quaternary nitrogens is 1. The number of amides is 1. The minimum atomic E-state index is -2.16. The van der Waals surface area contributed by atoms with Gasteiger partial charge < -0.3 is 59.0 Å². The van der Waals surface area contributed by atoms with Crippen molar-refractivity contribution in [1.29, 1.82) is 0 Å². The monoisotopic (exact) mass is 956 g/mol. The molecule has 1 amide bonds. The van der Waals surface area contributed by atoms with E-state index in [1.165, 1.54) is 27.0 Å². The molecule has 4 aliphatic carbocycles. The Hall–Kier alpha value is -4.31. The first kappa shape index (κ1) is 51.5. The molecule has 376 valence electrons. The molecule has 3 aliphatic heterocycles. The van der Waals surface area contributed by atoms with E-state index < -0.39 is 154 Å². The Morgan fingerprint density at radius 3 is 2.28 bits per heavy atom. The van der Waals surface area contributed by atoms with E-state index in [-0.39, 0.29) is 30.3 Å². The van der Waals surface area contributed by atoms with Gasteiger partial charge in [-0.05, 0) is 80.9 Å². The molecule has 1 spiro atoms. The molecule has 7 aliphatic rings. The Bertz CT molecular complexity index is 2150. The van der Waals surface area contributed by atoms with Crippen LogP contribution in [0.3, 0.4) is 0 Å². The summed E-state index contributed by atoms with van der Waals surface area (Å²) < 4.78 is 42.1. The van der Waals surface area contributed by atoms with Crippen LogP contribution in [0.2, 0.25) is 0 Å². The van der Waals surface area contributed by atoms with Crippen molar-refractivity contribution in [2.45, 2.75) is 160 Å². The lowest BCUT2D eigenvalue weighted by Crippen LogP contribution is -3.17. The van der Waals surface area contributed by atoms with Crippen LogP contribution < -0.4 is 10.5 Å². The smallest absolute Gasteiger partial charge is 0.407 e. The molecule has 6 N–H and O–H groups in total. The van der Waals surface area contributed by atoms with E-state index in [1.807, 2.05) is 39.0 Å². The van der Waals surface area contributed by atoms with Gasteiger partial charge in [0.1, 0.15) is 35.9 Å². The Labute approximate surface area is 396 Å². The number of rotatable bonds is 8. The van der Waals surface area contributed by atoms with Crippen LogP contribution in [-0.2, 0) is 52.3 Å². The second-order valence-electron chi connectivity index (χ2n) is 20.6. The van der Waals surface area contributed by atoms with Crippen molar-refractivity contribution in [3.8, 4) is 0 Å². The molecule has 1 unspecified atom stereocenters. The van der Waals surface area contributed by atoms with Crippen LogP contribution in [0.25, 0.3) is 0 Å². The summed E-state index contributed by atoms with van der Waals surface area (Å²) in [5, 5.41) is 60.3. The molecule has 0 aromatic carbocycles. The third kappa shape index (κ3) is 9.02. The number of aliphatic hydroxyl groups excluding tert-OH is 3. The summed E-state index contributed by atoms with van der Waals surface area (Å²) >= 11 is 0. The summed E-state index contributed by atoms with van der Waals surface area (Å²) in [5.74, 6) is -6.45. The van der Waals surface area contributed by atoms with Crippen molar-refractivity contribution in [2.75, 3.05) is 7.11 Å². The number of nitrogens with one attached hydrogen (secondary N) is 2. The minimum absolute atomic E-state index is 0.0161. The van der Waals surface area contributed by atoms with Crippen LogP contribution >= 0.6 is 0 Å². The third-order valence-corrected chi connectivity index (χ3v) is 16.1. The maximum absolute atomic E-state index is 15.3. The second-order valence-corrected chi connectivity index (χ2v) is 20.6. The highest BCUT2D eigenvalue weighted by Gasteiger charge is 2.65. The number of ketones is 1. The summed E-state index contributed by atoms with van der Waals surface area (Å²) in [6.45, 7) is 15.6. The highest BCUT2D eigenvalue weighted by molar-refractivity contribution is 6.26. The molecule has 7 rings (SSSR count). The Morgan fingerprint density at radius 1 is 0.941 bits per heavy atom. The van der Waals surface area contributed by atoms with Crippen molar-refractivity contribution >= 4 is 30.1 Å². The molecule has 68 heavy (non-hydrogen) atoms. The van der Waals surface area contributed by atoms with Gasteiger partial charge in [-0.25, -0.2) is 20.0 Å². The van der Waals surface area contributed by atoms with Crippen LogP contribution in [0.5, 0.6) is 0 Å². The fourth-order valence-corrected chi connectivity index (χ4v) is 12.7. The normalized spacial score (nSPS) is 47.6. The standard InChI is InChI=1S/C49H68N2O17/c1-22-11-14-34(66-37-20-47(8,51(60)61)42(27(6)64-37)50-46(59)62-10)23(2)16-32-33(54)17-29(21-52)19-49(32)44(57)38(45(58)68-49)43(56)48(9)31(22)13-12-30-39(48)24(3)15-25(4)41(30)67-36-18-35(65-28(7)53)40(55)26(5)63-36/h11-14,16-17,21-22,24-27,30-37,39-42,51,54-56,60H,15,18-20H2,1-10H3,(H,50,59)/b14-11-,23-16-,43-38-/t22-,24+,25+,26+,27-,30+,31+,32-,33+,34+,35-,36+,37+,39-,40+,41+,42+,47+,48-,49-/m1/s1. The van der Waals surface area contributed by atoms with Gasteiger partial charge in [0.15, 0.2) is 23.7 Å². The zero-order valence-corrected chi connectivity index (χ0v) is 40.3. The average Bonchev–Trinajstić information content (AvgIpc) is 3.51. The van der Waals surface area contributed by atoms with Crippen LogP contribution in [0.4, 0.5) is 4.79 Å². The van der Waals surface area contributed by atoms with Crippen molar-refractivity contribution in [1.82, 2.24) is 5.32 Å². The SMILES string of the molecule is COC(=O)N[C@H]1[C@@H](C)O[C@@H](O[C@H]2/C=C\[C@@H](C)[C@@H]3C=C[C@@H]4[C@@H](O[C@H]5C[C@@H](OC(C)=O)[C@@H](O)[C@H](C)O5)[C@@H](C)C[C@H](C)[C@H]4[C@]3(C)/C(O)=C3/C(=O)O[C@@]4(CC(C=O)=C[C@H](O)[C@H]4/C=C\2C)C3=O)C[C@]1(C)[NH+]([O-])O. The second kappa shape index (κ2) is 19.5. The number of esters is 2. The van der Waals surface area contributed by atoms with E-state index >= 15 is 4.79 Å². The molecule has 3 heterocycles. The first-order chi connectivity index (χ1) is 31.9. The van der Waals surface area contributed by atoms with E-state index in [4.69, 9.17) is 33.2 Å². The molecule has 0 aromatic rings. The van der Waals surface area contributed by atoms with Gasteiger partial charge >= 0.3 is 18.0 Å². The number of aliphatic hydroxyl groups is 3. The lowest BCUT2D eigenvalue weighted by Gasteiger charge is -2.57. The van der Waals surface area contributed by atoms with Gasteiger partial charge in [0.25, 0.3) is 0 Å². The molecule has 1 saturated carbocycles. The number of fused-ring (bicyclic) bond motifs is 4. The largest absolute Gasteiger partial charge is 0.600 e. The van der Waals surface area contributed by atoms with Crippen molar-refractivity contribution < 1.29 is 82.9 Å².